The highest BCUT2D eigenvalue weighted by atomic mass is 79.9. The molecule has 0 saturated heterocycles. The summed E-state index contributed by atoms with van der Waals surface area (Å²) in [7, 11) is 1.56. The third-order valence-corrected chi connectivity index (χ3v) is 1.97. The van der Waals surface area contributed by atoms with E-state index in [1.165, 1.54) is 10.8 Å². The molecule has 0 radical (unpaired) electrons. The normalized spacial score (nSPS) is 9.90. The van der Waals surface area contributed by atoms with Crippen LogP contribution in [0.25, 0.3) is 0 Å². The molecule has 3 nitrogen and oxygen atoms in total. The smallest absolute Gasteiger partial charge is 0.268 e. The Morgan fingerprint density at radius 2 is 2.40 bits per heavy atom. The Morgan fingerprint density at radius 1 is 1.80 bits per heavy atom. The fourth-order valence-corrected chi connectivity index (χ4v) is 0.990. The van der Waals surface area contributed by atoms with Crippen LogP contribution >= 0.6 is 27.5 Å². The predicted molar refractivity (Wildman–Crippen MR) is 42.2 cm³/mol. The molecule has 0 saturated carbocycles. The van der Waals surface area contributed by atoms with Gasteiger partial charge in [-0.2, -0.15) is 0 Å². The molecule has 0 fully saturated rings. The van der Waals surface area contributed by atoms with Crippen molar-refractivity contribution in [1.82, 2.24) is 9.55 Å². The molecule has 0 aromatic carbocycles. The first-order valence-corrected chi connectivity index (χ1v) is 3.67. The van der Waals surface area contributed by atoms with Gasteiger partial charge in [0.25, 0.3) is 5.56 Å². The molecule has 1 rings (SSSR count). The second-order valence-electron chi connectivity index (χ2n) is 1.74. The lowest BCUT2D eigenvalue weighted by molar-refractivity contribution is 0.818. The Kier molecular flexibility index (Phi) is 2.11. The molecule has 1 aromatic rings. The summed E-state index contributed by atoms with van der Waals surface area (Å²) in [5.41, 5.74) is -0.181. The maximum Gasteiger partial charge on any atom is 0.268 e. The van der Waals surface area contributed by atoms with Crippen molar-refractivity contribution >= 4 is 27.5 Å². The molecule has 0 aliphatic rings. The number of halogens is 2. The van der Waals surface area contributed by atoms with Crippen LogP contribution in [-0.4, -0.2) is 9.55 Å². The molecule has 1 aromatic heterocycles. The largest absolute Gasteiger partial charge is 0.285 e. The van der Waals surface area contributed by atoms with Gasteiger partial charge < -0.3 is 0 Å². The van der Waals surface area contributed by atoms with Gasteiger partial charge >= 0.3 is 0 Å². The lowest BCUT2D eigenvalue weighted by atomic mass is 10.6. The molecule has 0 unspecified atom stereocenters. The summed E-state index contributed by atoms with van der Waals surface area (Å²) in [6, 6.07) is 0. The number of rotatable bonds is 0. The van der Waals surface area contributed by atoms with Crippen molar-refractivity contribution in [2.24, 2.45) is 7.05 Å². The van der Waals surface area contributed by atoms with Crippen LogP contribution in [-0.2, 0) is 7.05 Å². The number of hydrogen-bond donors (Lipinski definition) is 0. The van der Waals surface area contributed by atoms with Gasteiger partial charge in [0.15, 0.2) is 0 Å². The van der Waals surface area contributed by atoms with E-state index in [1.807, 2.05) is 0 Å². The van der Waals surface area contributed by atoms with E-state index >= 15 is 0 Å². The quantitative estimate of drug-likeness (QED) is 0.620. The third-order valence-electron chi connectivity index (χ3n) is 1.07. The molecule has 10 heavy (non-hydrogen) atoms. The van der Waals surface area contributed by atoms with Crippen LogP contribution in [0.15, 0.2) is 15.5 Å². The Labute approximate surface area is 70.8 Å². The van der Waals surface area contributed by atoms with Gasteiger partial charge in [0, 0.05) is 7.05 Å². The standard InChI is InChI=1S/C5H4BrClN2O/c1-9-4(10)3(6)2-8-5(9)7/h2H,1H3. The van der Waals surface area contributed by atoms with Crippen molar-refractivity contribution in [3.63, 3.8) is 0 Å². The summed E-state index contributed by atoms with van der Waals surface area (Å²) in [5.74, 6) is 0. The molecule has 54 valence electrons. The zero-order valence-electron chi connectivity index (χ0n) is 5.14. The molecular weight excluding hydrogens is 219 g/mol. The summed E-state index contributed by atoms with van der Waals surface area (Å²) in [4.78, 5) is 14.7. The lowest BCUT2D eigenvalue weighted by Crippen LogP contribution is -2.18. The summed E-state index contributed by atoms with van der Waals surface area (Å²) in [6.45, 7) is 0. The topological polar surface area (TPSA) is 34.9 Å². The van der Waals surface area contributed by atoms with E-state index in [2.05, 4.69) is 20.9 Å². The van der Waals surface area contributed by atoms with E-state index in [0.29, 0.717) is 4.47 Å². The van der Waals surface area contributed by atoms with Gasteiger partial charge in [-0.1, -0.05) is 0 Å². The molecule has 0 atom stereocenters. The Bertz CT molecular complexity index is 309. The molecule has 0 amide bonds. The Balaban J connectivity index is 3.50. The van der Waals surface area contributed by atoms with Crippen molar-refractivity contribution in [3.05, 3.63) is 26.3 Å². The van der Waals surface area contributed by atoms with Crippen molar-refractivity contribution < 1.29 is 0 Å². The van der Waals surface area contributed by atoms with E-state index in [0.717, 1.165) is 0 Å². The molecule has 5 heteroatoms. The zero-order valence-corrected chi connectivity index (χ0v) is 7.48. The second-order valence-corrected chi connectivity index (χ2v) is 2.93. The van der Waals surface area contributed by atoms with Crippen LogP contribution in [0.3, 0.4) is 0 Å². The van der Waals surface area contributed by atoms with E-state index in [9.17, 15) is 4.79 Å². The minimum atomic E-state index is -0.181. The van der Waals surface area contributed by atoms with Gasteiger partial charge in [-0.05, 0) is 27.5 Å². The van der Waals surface area contributed by atoms with Crippen LogP contribution in [0, 0.1) is 0 Å². The first kappa shape index (κ1) is 7.75. The molecule has 0 aliphatic heterocycles. The summed E-state index contributed by atoms with van der Waals surface area (Å²) < 4.78 is 1.67. The first-order chi connectivity index (χ1) is 4.63. The van der Waals surface area contributed by atoms with Gasteiger partial charge in [0.05, 0.1) is 6.20 Å². The zero-order chi connectivity index (χ0) is 7.72. The van der Waals surface area contributed by atoms with Crippen LogP contribution in [0.1, 0.15) is 0 Å². The summed E-state index contributed by atoms with van der Waals surface area (Å²) in [6.07, 6.45) is 1.38. The van der Waals surface area contributed by atoms with E-state index < -0.39 is 0 Å². The van der Waals surface area contributed by atoms with E-state index in [-0.39, 0.29) is 10.8 Å². The van der Waals surface area contributed by atoms with Crippen molar-refractivity contribution in [2.45, 2.75) is 0 Å². The van der Waals surface area contributed by atoms with Crippen LogP contribution < -0.4 is 5.56 Å². The minimum Gasteiger partial charge on any atom is -0.285 e. The maximum atomic E-state index is 11.0. The molecular formula is C5H4BrClN2O. The van der Waals surface area contributed by atoms with Crippen molar-refractivity contribution in [2.75, 3.05) is 0 Å². The fourth-order valence-electron chi connectivity index (χ4n) is 0.496. The highest BCUT2D eigenvalue weighted by Crippen LogP contribution is 2.03. The van der Waals surface area contributed by atoms with Crippen molar-refractivity contribution in [3.8, 4) is 0 Å². The number of hydrogen-bond acceptors (Lipinski definition) is 2. The average molecular weight is 223 g/mol. The average Bonchev–Trinajstić information content (AvgIpc) is 1.93. The summed E-state index contributed by atoms with van der Waals surface area (Å²) >= 11 is 8.54. The van der Waals surface area contributed by atoms with Crippen LogP contribution in [0.5, 0.6) is 0 Å². The molecule has 0 bridgehead atoms. The van der Waals surface area contributed by atoms with E-state index in [1.54, 1.807) is 7.05 Å². The molecule has 0 N–H and O–H groups in total. The van der Waals surface area contributed by atoms with Gasteiger partial charge in [-0.25, -0.2) is 4.98 Å². The van der Waals surface area contributed by atoms with E-state index in [4.69, 9.17) is 11.6 Å². The molecule has 0 aliphatic carbocycles. The van der Waals surface area contributed by atoms with Gasteiger partial charge in [-0.3, -0.25) is 9.36 Å². The van der Waals surface area contributed by atoms with Gasteiger partial charge in [0.1, 0.15) is 4.47 Å². The number of aromatic nitrogens is 2. The fraction of sp³-hybridized carbons (Fsp3) is 0.200. The lowest BCUT2D eigenvalue weighted by Gasteiger charge is -1.97. The predicted octanol–water partition coefficient (Wildman–Crippen LogP) is 1.20. The Morgan fingerprint density at radius 3 is 2.90 bits per heavy atom. The third kappa shape index (κ3) is 1.22. The first-order valence-electron chi connectivity index (χ1n) is 2.50. The SMILES string of the molecule is Cn1c(Cl)ncc(Br)c1=O. The summed E-state index contributed by atoms with van der Waals surface area (Å²) in [5, 5.41) is 0.188. The van der Waals surface area contributed by atoms with Gasteiger partial charge in [-0.15, -0.1) is 0 Å². The second kappa shape index (κ2) is 2.72. The van der Waals surface area contributed by atoms with Crippen molar-refractivity contribution in [1.29, 1.82) is 0 Å². The van der Waals surface area contributed by atoms with Gasteiger partial charge in [0.2, 0.25) is 5.28 Å². The minimum absolute atomic E-state index is 0.181. The highest BCUT2D eigenvalue weighted by Gasteiger charge is 2.00. The molecule has 1 heterocycles. The monoisotopic (exact) mass is 222 g/mol. The van der Waals surface area contributed by atoms with Crippen LogP contribution in [0.2, 0.25) is 5.28 Å². The Hall–Kier alpha value is -0.350. The highest BCUT2D eigenvalue weighted by molar-refractivity contribution is 9.10. The number of nitrogens with zero attached hydrogens (tertiary/aromatic N) is 2. The van der Waals surface area contributed by atoms with Crippen LogP contribution in [0.4, 0.5) is 0 Å². The molecule has 0 spiro atoms. The maximum absolute atomic E-state index is 11.0.